The maximum absolute atomic E-state index is 11.9. The van der Waals surface area contributed by atoms with Crippen LogP contribution >= 0.6 is 0 Å². The lowest BCUT2D eigenvalue weighted by atomic mass is 9.88. The molecule has 0 fully saturated rings. The number of rotatable bonds is 5. The lowest BCUT2D eigenvalue weighted by Crippen LogP contribution is -2.40. The zero-order chi connectivity index (χ0) is 20.1. The van der Waals surface area contributed by atoms with E-state index in [-0.39, 0.29) is 0 Å². The Bertz CT molecular complexity index is 1140. The molecule has 0 saturated heterocycles. The Balaban J connectivity index is 1.97. The number of nitrogens with zero attached hydrogens (tertiary/aromatic N) is 2. The van der Waals surface area contributed by atoms with Crippen molar-refractivity contribution in [3.63, 3.8) is 0 Å². The molecule has 1 atom stereocenters. The fraction of sp³-hybridized carbons (Fsp3) is 0.316. The van der Waals surface area contributed by atoms with Gasteiger partial charge < -0.3 is 19.4 Å². The summed E-state index contributed by atoms with van der Waals surface area (Å²) in [6.07, 6.45) is 3.89. The van der Waals surface area contributed by atoms with Crippen molar-refractivity contribution in [1.82, 2.24) is 9.55 Å². The Morgan fingerprint density at radius 2 is 2.00 bits per heavy atom. The van der Waals surface area contributed by atoms with E-state index in [0.29, 0.717) is 23.7 Å². The first-order valence-corrected chi connectivity index (χ1v) is 10.3. The van der Waals surface area contributed by atoms with E-state index in [0.717, 1.165) is 22.0 Å². The zero-order valence-electron chi connectivity index (χ0n) is 15.8. The van der Waals surface area contributed by atoms with Crippen molar-refractivity contribution in [1.29, 1.82) is 0 Å². The molecule has 9 heteroatoms. The van der Waals surface area contributed by atoms with Crippen molar-refractivity contribution in [3.05, 3.63) is 47.8 Å². The minimum Gasteiger partial charge on any atom is -0.493 e. The van der Waals surface area contributed by atoms with Crippen molar-refractivity contribution in [2.75, 3.05) is 25.3 Å². The molecule has 2 aromatic heterocycles. The smallest absolute Gasteiger partial charge is 0.267 e. The highest BCUT2D eigenvalue weighted by atomic mass is 32.2. The zero-order valence-corrected chi connectivity index (χ0v) is 16.6. The Labute approximate surface area is 162 Å². The lowest BCUT2D eigenvalue weighted by molar-refractivity contribution is 0.355. The molecule has 1 aliphatic rings. The van der Waals surface area contributed by atoms with Crippen LogP contribution < -0.4 is 14.8 Å². The fourth-order valence-electron chi connectivity index (χ4n) is 4.02. The minimum atomic E-state index is -4.28. The predicted octanol–water partition coefficient (Wildman–Crippen LogP) is 2.34. The van der Waals surface area contributed by atoms with Gasteiger partial charge in [0.25, 0.3) is 10.1 Å². The first kappa shape index (κ1) is 18.6. The third kappa shape index (κ3) is 2.96. The maximum Gasteiger partial charge on any atom is 0.267 e. The van der Waals surface area contributed by atoms with Crippen molar-refractivity contribution in [2.24, 2.45) is 7.05 Å². The Morgan fingerprint density at radius 1 is 1.29 bits per heavy atom. The van der Waals surface area contributed by atoms with Gasteiger partial charge in [-0.3, -0.25) is 4.55 Å². The summed E-state index contributed by atoms with van der Waals surface area (Å²) in [5.74, 6) is 1.25. The van der Waals surface area contributed by atoms with Gasteiger partial charge in [0.2, 0.25) is 0 Å². The highest BCUT2D eigenvalue weighted by Crippen LogP contribution is 2.44. The van der Waals surface area contributed by atoms with Crippen LogP contribution in [0.2, 0.25) is 0 Å². The van der Waals surface area contributed by atoms with Crippen molar-refractivity contribution >= 4 is 26.8 Å². The van der Waals surface area contributed by atoms with E-state index in [2.05, 4.69) is 10.3 Å². The summed E-state index contributed by atoms with van der Waals surface area (Å²) in [4.78, 5) is 4.32. The summed E-state index contributed by atoms with van der Waals surface area (Å²) in [5.41, 5.74) is 1.43. The number of aromatic nitrogens is 2. The molecular formula is C19H21N3O5S. The number of hydrogen-bond acceptors (Lipinski definition) is 6. The second kappa shape index (κ2) is 6.39. The second-order valence-corrected chi connectivity index (χ2v) is 8.45. The SMILES string of the molecule is COc1cc2c(C3(CS(=O)(=O)O)Cc4cccnc4N3)cn(C)c2cc1OC. The molecule has 8 nitrogen and oxygen atoms in total. The van der Waals surface area contributed by atoms with Crippen LogP contribution in [0, 0.1) is 0 Å². The maximum atomic E-state index is 11.9. The molecule has 1 aromatic carbocycles. The van der Waals surface area contributed by atoms with E-state index in [9.17, 15) is 13.0 Å². The number of ether oxygens (including phenoxy) is 2. The van der Waals surface area contributed by atoms with Gasteiger partial charge in [-0.2, -0.15) is 8.42 Å². The summed E-state index contributed by atoms with van der Waals surface area (Å²) in [5, 5.41) is 4.07. The van der Waals surface area contributed by atoms with Crippen LogP contribution in [0.1, 0.15) is 11.1 Å². The topological polar surface area (TPSA) is 103 Å². The molecule has 0 aliphatic carbocycles. The van der Waals surface area contributed by atoms with Gasteiger partial charge in [0.1, 0.15) is 11.6 Å². The third-order valence-electron chi connectivity index (χ3n) is 5.18. The highest BCUT2D eigenvalue weighted by molar-refractivity contribution is 7.85. The van der Waals surface area contributed by atoms with E-state index in [1.165, 1.54) is 0 Å². The van der Waals surface area contributed by atoms with Crippen LogP contribution in [0.5, 0.6) is 11.5 Å². The monoisotopic (exact) mass is 403 g/mol. The van der Waals surface area contributed by atoms with Crippen LogP contribution in [0.3, 0.4) is 0 Å². The standard InChI is InChI=1S/C19H21N3O5S/c1-22-10-14(13-7-16(26-2)17(27-3)8-15(13)22)19(11-28(23,24)25)9-12-5-4-6-20-18(12)21-19/h4-8,10H,9,11H2,1-3H3,(H,20,21)(H,23,24,25). The van der Waals surface area contributed by atoms with E-state index in [4.69, 9.17) is 9.47 Å². The molecule has 3 aromatic rings. The number of nitrogens with one attached hydrogen (secondary N) is 1. The van der Waals surface area contributed by atoms with Crippen LogP contribution in [-0.2, 0) is 29.1 Å². The quantitative estimate of drug-likeness (QED) is 0.630. The molecule has 28 heavy (non-hydrogen) atoms. The fourth-order valence-corrected chi connectivity index (χ4v) is 4.97. The number of anilines is 1. The Kier molecular flexibility index (Phi) is 4.24. The minimum absolute atomic E-state index is 0.378. The summed E-state index contributed by atoms with van der Waals surface area (Å²) >= 11 is 0. The Hall–Kier alpha value is -2.78. The van der Waals surface area contributed by atoms with E-state index >= 15 is 0 Å². The van der Waals surface area contributed by atoms with Gasteiger partial charge in [0.05, 0.1) is 25.3 Å². The molecular weight excluding hydrogens is 382 g/mol. The molecule has 3 heterocycles. The van der Waals surface area contributed by atoms with Gasteiger partial charge >= 0.3 is 0 Å². The summed E-state index contributed by atoms with van der Waals surface area (Å²) in [6, 6.07) is 7.38. The molecule has 2 N–H and O–H groups in total. The second-order valence-electron chi connectivity index (χ2n) is 7.00. The van der Waals surface area contributed by atoms with Gasteiger partial charge in [0, 0.05) is 42.9 Å². The molecule has 0 saturated carbocycles. The van der Waals surface area contributed by atoms with Crippen molar-refractivity contribution in [3.8, 4) is 11.5 Å². The van der Waals surface area contributed by atoms with Gasteiger partial charge in [-0.05, 0) is 17.7 Å². The normalized spacial score (nSPS) is 18.7. The number of methoxy groups -OCH3 is 2. The molecule has 0 radical (unpaired) electrons. The van der Waals surface area contributed by atoms with Gasteiger partial charge in [-0.15, -0.1) is 0 Å². The molecule has 1 aliphatic heterocycles. The van der Waals surface area contributed by atoms with Crippen LogP contribution in [0.25, 0.3) is 10.9 Å². The summed E-state index contributed by atoms with van der Waals surface area (Å²) in [7, 11) is 0.712. The average Bonchev–Trinajstić information content (AvgIpc) is 3.17. The van der Waals surface area contributed by atoms with Crippen LogP contribution in [0.4, 0.5) is 5.82 Å². The van der Waals surface area contributed by atoms with Gasteiger partial charge in [-0.25, -0.2) is 4.98 Å². The van der Waals surface area contributed by atoms with E-state index in [1.54, 1.807) is 26.5 Å². The third-order valence-corrected chi connectivity index (χ3v) is 6.04. The average molecular weight is 403 g/mol. The highest BCUT2D eigenvalue weighted by Gasteiger charge is 2.44. The number of fused-ring (bicyclic) bond motifs is 2. The summed E-state index contributed by atoms with van der Waals surface area (Å²) in [6.45, 7) is 0. The largest absolute Gasteiger partial charge is 0.493 e. The first-order valence-electron chi connectivity index (χ1n) is 8.65. The predicted molar refractivity (Wildman–Crippen MR) is 106 cm³/mol. The number of pyridine rings is 1. The molecule has 4 rings (SSSR count). The van der Waals surface area contributed by atoms with Gasteiger partial charge in [-0.1, -0.05) is 6.07 Å². The molecule has 0 bridgehead atoms. The van der Waals surface area contributed by atoms with Crippen LogP contribution in [0.15, 0.2) is 36.7 Å². The van der Waals surface area contributed by atoms with Crippen molar-refractivity contribution < 1.29 is 22.4 Å². The molecule has 0 amide bonds. The number of benzene rings is 1. The summed E-state index contributed by atoms with van der Waals surface area (Å²) < 4.78 is 46.3. The van der Waals surface area contributed by atoms with E-state index in [1.807, 2.05) is 36.0 Å². The number of hydrogen-bond donors (Lipinski definition) is 2. The lowest BCUT2D eigenvalue weighted by Gasteiger charge is -2.28. The number of aryl methyl sites for hydroxylation is 1. The van der Waals surface area contributed by atoms with Crippen molar-refractivity contribution in [2.45, 2.75) is 12.0 Å². The molecule has 1 unspecified atom stereocenters. The first-order chi connectivity index (χ1) is 13.3. The van der Waals surface area contributed by atoms with Gasteiger partial charge in [0.15, 0.2) is 11.5 Å². The Morgan fingerprint density at radius 3 is 2.64 bits per heavy atom. The van der Waals surface area contributed by atoms with E-state index < -0.39 is 21.4 Å². The molecule has 148 valence electrons. The molecule has 0 spiro atoms. The van der Waals surface area contributed by atoms with Crippen LogP contribution in [-0.4, -0.2) is 42.5 Å².